The largest absolute Gasteiger partial charge is 0.464 e. The molecule has 20 heavy (non-hydrogen) atoms. The van der Waals surface area contributed by atoms with Gasteiger partial charge >= 0.3 is 5.97 Å². The molecule has 2 rings (SSSR count). The number of halogens is 3. The van der Waals surface area contributed by atoms with Crippen molar-refractivity contribution in [2.45, 2.75) is 0 Å². The first-order valence-electron chi connectivity index (χ1n) is 5.30. The second kappa shape index (κ2) is 5.95. The molecule has 0 atom stereocenters. The van der Waals surface area contributed by atoms with Crippen LogP contribution in [0.5, 0.6) is 0 Å². The summed E-state index contributed by atoms with van der Waals surface area (Å²) in [6.45, 7) is 0. The van der Waals surface area contributed by atoms with Crippen molar-refractivity contribution >= 4 is 50.9 Å². The van der Waals surface area contributed by atoms with E-state index in [0.717, 1.165) is 0 Å². The van der Waals surface area contributed by atoms with Gasteiger partial charge in [-0.05, 0) is 34.1 Å². The Morgan fingerprint density at radius 3 is 2.65 bits per heavy atom. The van der Waals surface area contributed by atoms with E-state index in [2.05, 4.69) is 30.6 Å². The van der Waals surface area contributed by atoms with Gasteiger partial charge in [-0.25, -0.2) is 14.8 Å². The zero-order chi connectivity index (χ0) is 14.9. The molecule has 0 aliphatic carbocycles. The molecule has 1 aromatic heterocycles. The molecule has 0 saturated heterocycles. The summed E-state index contributed by atoms with van der Waals surface area (Å²) in [7, 11) is 1.25. The minimum Gasteiger partial charge on any atom is -0.464 e. The number of hydrogen-bond donors (Lipinski definition) is 1. The molecule has 5 nitrogen and oxygen atoms in total. The number of nitrogen functional groups attached to an aromatic ring is 1. The lowest BCUT2D eigenvalue weighted by Crippen LogP contribution is -2.11. The second-order valence-electron chi connectivity index (χ2n) is 3.71. The van der Waals surface area contributed by atoms with Crippen LogP contribution < -0.4 is 5.73 Å². The van der Waals surface area contributed by atoms with E-state index < -0.39 is 5.97 Å². The summed E-state index contributed by atoms with van der Waals surface area (Å²) in [6, 6.07) is 4.82. The Morgan fingerprint density at radius 1 is 1.35 bits per heavy atom. The maximum atomic E-state index is 11.8. The molecule has 0 aliphatic rings. The van der Waals surface area contributed by atoms with E-state index in [9.17, 15) is 4.79 Å². The van der Waals surface area contributed by atoms with Crippen LogP contribution in [0, 0.1) is 0 Å². The van der Waals surface area contributed by atoms with E-state index >= 15 is 0 Å². The molecule has 0 amide bonds. The summed E-state index contributed by atoms with van der Waals surface area (Å²) >= 11 is 15.1. The van der Waals surface area contributed by atoms with E-state index in [0.29, 0.717) is 20.2 Å². The summed E-state index contributed by atoms with van der Waals surface area (Å²) < 4.78 is 4.99. The SMILES string of the molecule is COC(=O)c1nc(N)c(Br)nc1-c1ccc(Cl)cc1Cl. The Balaban J connectivity index is 2.71. The van der Waals surface area contributed by atoms with Gasteiger partial charge in [-0.3, -0.25) is 0 Å². The van der Waals surface area contributed by atoms with Crippen LogP contribution in [0.25, 0.3) is 11.3 Å². The zero-order valence-corrected chi connectivity index (χ0v) is 13.3. The fourth-order valence-corrected chi connectivity index (χ4v) is 2.30. The molecule has 8 heteroatoms. The number of rotatable bonds is 2. The van der Waals surface area contributed by atoms with E-state index in [-0.39, 0.29) is 17.2 Å². The van der Waals surface area contributed by atoms with Crippen molar-refractivity contribution in [2.24, 2.45) is 0 Å². The number of anilines is 1. The highest BCUT2D eigenvalue weighted by molar-refractivity contribution is 9.10. The number of nitrogens with zero attached hydrogens (tertiary/aromatic N) is 2. The van der Waals surface area contributed by atoms with Gasteiger partial charge in [-0.2, -0.15) is 0 Å². The van der Waals surface area contributed by atoms with Gasteiger partial charge in [0.1, 0.15) is 10.3 Å². The van der Waals surface area contributed by atoms with Crippen LogP contribution in [-0.2, 0) is 4.74 Å². The predicted molar refractivity (Wildman–Crippen MR) is 80.9 cm³/mol. The van der Waals surface area contributed by atoms with Gasteiger partial charge < -0.3 is 10.5 Å². The Hall–Kier alpha value is -1.37. The smallest absolute Gasteiger partial charge is 0.359 e. The van der Waals surface area contributed by atoms with Crippen LogP contribution in [0.1, 0.15) is 10.5 Å². The maximum Gasteiger partial charge on any atom is 0.359 e. The highest BCUT2D eigenvalue weighted by Gasteiger charge is 2.21. The zero-order valence-electron chi connectivity index (χ0n) is 10.2. The van der Waals surface area contributed by atoms with Crippen LogP contribution in [0.4, 0.5) is 5.82 Å². The molecule has 104 valence electrons. The lowest BCUT2D eigenvalue weighted by atomic mass is 10.1. The van der Waals surface area contributed by atoms with Gasteiger partial charge in [0.25, 0.3) is 0 Å². The molecular weight excluding hydrogens is 369 g/mol. The van der Waals surface area contributed by atoms with Crippen LogP contribution in [-0.4, -0.2) is 23.0 Å². The standard InChI is InChI=1S/C12H8BrCl2N3O2/c1-20-12(19)9-8(17-10(13)11(16)18-9)6-3-2-5(14)4-7(6)15/h2-4H,1H3,(H2,16,18). The number of hydrogen-bond acceptors (Lipinski definition) is 5. The van der Waals surface area contributed by atoms with Crippen LogP contribution in [0.3, 0.4) is 0 Å². The van der Waals surface area contributed by atoms with Crippen molar-refractivity contribution in [1.82, 2.24) is 9.97 Å². The maximum absolute atomic E-state index is 11.8. The van der Waals surface area contributed by atoms with E-state index in [1.54, 1.807) is 18.2 Å². The number of benzene rings is 1. The minimum atomic E-state index is -0.655. The van der Waals surface area contributed by atoms with Gasteiger partial charge in [-0.15, -0.1) is 0 Å². The monoisotopic (exact) mass is 375 g/mol. The summed E-state index contributed by atoms with van der Waals surface area (Å²) in [5.41, 5.74) is 6.39. The summed E-state index contributed by atoms with van der Waals surface area (Å²) in [4.78, 5) is 20.0. The Labute approximate surface area is 133 Å². The third kappa shape index (κ3) is 2.87. The number of ether oxygens (including phenoxy) is 1. The van der Waals surface area contributed by atoms with Crippen LogP contribution >= 0.6 is 39.1 Å². The average Bonchev–Trinajstić information content (AvgIpc) is 2.41. The van der Waals surface area contributed by atoms with E-state index in [1.165, 1.54) is 7.11 Å². The number of nitrogens with two attached hydrogens (primary N) is 1. The Bertz CT molecular complexity index is 695. The average molecular weight is 377 g/mol. The molecule has 0 aliphatic heterocycles. The molecule has 2 N–H and O–H groups in total. The fourth-order valence-electron chi connectivity index (χ4n) is 1.54. The van der Waals surface area contributed by atoms with Gasteiger partial charge in [-0.1, -0.05) is 23.2 Å². The summed E-state index contributed by atoms with van der Waals surface area (Å²) in [5.74, 6) is -0.572. The van der Waals surface area contributed by atoms with Crippen LogP contribution in [0.2, 0.25) is 10.0 Å². The third-order valence-corrected chi connectivity index (χ3v) is 3.57. The second-order valence-corrected chi connectivity index (χ2v) is 5.31. The number of aromatic nitrogens is 2. The van der Waals surface area contributed by atoms with Crippen molar-refractivity contribution in [1.29, 1.82) is 0 Å². The minimum absolute atomic E-state index is 0.0163. The molecule has 0 saturated carbocycles. The molecule has 0 unspecified atom stereocenters. The Kier molecular flexibility index (Phi) is 4.47. The molecule has 2 aromatic rings. The molecular formula is C12H8BrCl2N3O2. The first-order valence-corrected chi connectivity index (χ1v) is 6.85. The van der Waals surface area contributed by atoms with Crippen molar-refractivity contribution in [2.75, 3.05) is 12.8 Å². The van der Waals surface area contributed by atoms with Gasteiger partial charge in [0.15, 0.2) is 11.5 Å². The first-order chi connectivity index (χ1) is 9.43. The topological polar surface area (TPSA) is 78.1 Å². The number of carbonyl (C=O) groups is 1. The highest BCUT2D eigenvalue weighted by atomic mass is 79.9. The number of methoxy groups -OCH3 is 1. The Morgan fingerprint density at radius 2 is 2.05 bits per heavy atom. The lowest BCUT2D eigenvalue weighted by Gasteiger charge is -2.10. The number of esters is 1. The van der Waals surface area contributed by atoms with Crippen molar-refractivity contribution in [3.8, 4) is 11.3 Å². The van der Waals surface area contributed by atoms with Crippen molar-refractivity contribution < 1.29 is 9.53 Å². The van der Waals surface area contributed by atoms with Crippen molar-refractivity contribution in [3.63, 3.8) is 0 Å². The predicted octanol–water partition coefficient (Wildman–Crippen LogP) is 3.58. The van der Waals surface area contributed by atoms with Gasteiger partial charge in [0, 0.05) is 10.6 Å². The van der Waals surface area contributed by atoms with E-state index in [1.807, 2.05) is 0 Å². The summed E-state index contributed by atoms with van der Waals surface area (Å²) in [6.07, 6.45) is 0. The molecule has 0 radical (unpaired) electrons. The highest BCUT2D eigenvalue weighted by Crippen LogP contribution is 2.32. The first kappa shape index (κ1) is 15.0. The molecule has 1 aromatic carbocycles. The van der Waals surface area contributed by atoms with Crippen LogP contribution in [0.15, 0.2) is 22.8 Å². The molecule has 1 heterocycles. The van der Waals surface area contributed by atoms with Gasteiger partial charge in [0.2, 0.25) is 0 Å². The fraction of sp³-hybridized carbons (Fsp3) is 0.0833. The quantitative estimate of drug-likeness (QED) is 0.810. The number of carbonyl (C=O) groups excluding carboxylic acids is 1. The third-order valence-electron chi connectivity index (χ3n) is 2.44. The van der Waals surface area contributed by atoms with E-state index in [4.69, 9.17) is 28.9 Å². The lowest BCUT2D eigenvalue weighted by molar-refractivity contribution is 0.0594. The molecule has 0 spiro atoms. The molecule has 0 bridgehead atoms. The van der Waals surface area contributed by atoms with Gasteiger partial charge in [0.05, 0.1) is 12.1 Å². The normalized spacial score (nSPS) is 10.4. The summed E-state index contributed by atoms with van der Waals surface area (Å²) in [5, 5.41) is 0.814. The van der Waals surface area contributed by atoms with Crippen molar-refractivity contribution in [3.05, 3.63) is 38.5 Å². The molecule has 0 fully saturated rings.